The smallest absolute Gasteiger partial charge is 0.226 e. The van der Waals surface area contributed by atoms with Crippen LogP contribution in [-0.4, -0.2) is 61.6 Å². The van der Waals surface area contributed by atoms with Crippen molar-refractivity contribution in [1.82, 2.24) is 15.1 Å². The Morgan fingerprint density at radius 1 is 1.07 bits per heavy atom. The van der Waals surface area contributed by atoms with Crippen LogP contribution >= 0.6 is 24.8 Å². The topological polar surface area (TPSA) is 44.8 Å². The van der Waals surface area contributed by atoms with Gasteiger partial charge in [-0.15, -0.1) is 24.8 Å². The Morgan fingerprint density at radius 2 is 1.79 bits per heavy atom. The molecule has 1 amide bonds. The highest BCUT2D eigenvalue weighted by Crippen LogP contribution is 2.50. The Labute approximate surface area is 180 Å². The van der Waals surface area contributed by atoms with Crippen molar-refractivity contribution >= 4 is 30.7 Å². The summed E-state index contributed by atoms with van der Waals surface area (Å²) < 4.78 is 5.26. The number of rotatable bonds is 4. The maximum absolute atomic E-state index is 13.1. The summed E-state index contributed by atoms with van der Waals surface area (Å²) in [5.74, 6) is 3.58. The van der Waals surface area contributed by atoms with E-state index in [0.717, 1.165) is 45.0 Å². The van der Waals surface area contributed by atoms with E-state index in [1.807, 2.05) is 12.1 Å². The molecule has 5 fully saturated rings. The third kappa shape index (κ3) is 4.00. The Kier molecular flexibility index (Phi) is 6.80. The summed E-state index contributed by atoms with van der Waals surface area (Å²) in [6.07, 6.45) is 2.45. The summed E-state index contributed by atoms with van der Waals surface area (Å²) in [5.41, 5.74) is 1.33. The SMILES string of the molecule is COc1ccc(CN2C[C@@H]3CC[C@H](C2)N(C(=O)C2[C@H]4CNC[C@@H]24)C3)cc1.Cl.Cl. The Balaban J connectivity index is 0.00000112. The van der Waals surface area contributed by atoms with E-state index in [0.29, 0.717) is 35.6 Å². The number of halogens is 2. The van der Waals surface area contributed by atoms with Gasteiger partial charge in [-0.05, 0) is 61.4 Å². The zero-order valence-corrected chi connectivity index (χ0v) is 18.0. The van der Waals surface area contributed by atoms with Crippen LogP contribution in [0.5, 0.6) is 5.75 Å². The molecule has 1 aliphatic carbocycles. The van der Waals surface area contributed by atoms with Crippen LogP contribution in [0.25, 0.3) is 0 Å². The molecule has 1 unspecified atom stereocenters. The van der Waals surface area contributed by atoms with Gasteiger partial charge in [0, 0.05) is 38.1 Å². The van der Waals surface area contributed by atoms with Crippen molar-refractivity contribution in [3.05, 3.63) is 29.8 Å². The molecular weight excluding hydrogens is 397 g/mol. The quantitative estimate of drug-likeness (QED) is 0.800. The van der Waals surface area contributed by atoms with E-state index >= 15 is 0 Å². The number of nitrogens with one attached hydrogen (secondary N) is 1. The van der Waals surface area contributed by atoms with Gasteiger partial charge in [0.15, 0.2) is 0 Å². The van der Waals surface area contributed by atoms with Crippen LogP contribution in [0, 0.1) is 23.7 Å². The van der Waals surface area contributed by atoms with Crippen LogP contribution in [0.15, 0.2) is 24.3 Å². The summed E-state index contributed by atoms with van der Waals surface area (Å²) in [6.45, 7) is 6.18. The lowest BCUT2D eigenvalue weighted by molar-refractivity contribution is -0.137. The molecule has 156 valence electrons. The molecule has 2 bridgehead atoms. The van der Waals surface area contributed by atoms with Crippen LogP contribution in [0.3, 0.4) is 0 Å². The predicted molar refractivity (Wildman–Crippen MR) is 114 cm³/mol. The van der Waals surface area contributed by atoms with Crippen molar-refractivity contribution in [3.8, 4) is 5.75 Å². The molecule has 1 aromatic carbocycles. The highest BCUT2D eigenvalue weighted by Gasteiger charge is 2.58. The normalized spacial score (nSPS) is 33.3. The highest BCUT2D eigenvalue weighted by atomic mass is 35.5. The maximum Gasteiger partial charge on any atom is 0.226 e. The summed E-state index contributed by atoms with van der Waals surface area (Å²) in [4.78, 5) is 17.9. The number of benzene rings is 1. The molecule has 4 heterocycles. The zero-order valence-electron chi connectivity index (χ0n) is 16.4. The van der Waals surface area contributed by atoms with Crippen molar-refractivity contribution in [2.45, 2.75) is 25.4 Å². The van der Waals surface area contributed by atoms with Gasteiger partial charge in [0.2, 0.25) is 5.91 Å². The third-order valence-electron chi connectivity index (χ3n) is 7.01. The minimum atomic E-state index is 0. The molecule has 5 nitrogen and oxygen atoms in total. The monoisotopic (exact) mass is 427 g/mol. The number of piperidine rings is 2. The van der Waals surface area contributed by atoms with Crippen molar-refractivity contribution in [2.75, 3.05) is 39.8 Å². The van der Waals surface area contributed by atoms with Crippen LogP contribution in [0.4, 0.5) is 0 Å². The third-order valence-corrected chi connectivity index (χ3v) is 7.01. The molecule has 0 aromatic heterocycles. The number of hydrogen-bond acceptors (Lipinski definition) is 4. The van der Waals surface area contributed by atoms with Crippen molar-refractivity contribution in [2.24, 2.45) is 23.7 Å². The van der Waals surface area contributed by atoms with E-state index < -0.39 is 0 Å². The van der Waals surface area contributed by atoms with Crippen LogP contribution in [0.2, 0.25) is 0 Å². The second-order valence-corrected chi connectivity index (χ2v) is 8.64. The highest BCUT2D eigenvalue weighted by molar-refractivity contribution is 5.85. The number of nitrogens with zero attached hydrogens (tertiary/aromatic N) is 2. The van der Waals surface area contributed by atoms with E-state index in [2.05, 4.69) is 27.2 Å². The first-order valence-electron chi connectivity index (χ1n) is 10.1. The Bertz CT molecular complexity index is 677. The molecule has 1 saturated carbocycles. The van der Waals surface area contributed by atoms with E-state index in [-0.39, 0.29) is 24.8 Å². The summed E-state index contributed by atoms with van der Waals surface area (Å²) >= 11 is 0. The molecule has 4 aliphatic heterocycles. The Morgan fingerprint density at radius 3 is 2.46 bits per heavy atom. The number of carbonyl (C=O) groups is 1. The summed E-state index contributed by atoms with van der Waals surface area (Å²) in [6, 6.07) is 8.81. The van der Waals surface area contributed by atoms with E-state index in [4.69, 9.17) is 4.74 Å². The number of hydrogen-bond donors (Lipinski definition) is 1. The molecule has 7 heteroatoms. The fraction of sp³-hybridized carbons (Fsp3) is 0.667. The lowest BCUT2D eigenvalue weighted by Crippen LogP contribution is -2.48. The molecule has 0 spiro atoms. The minimum absolute atomic E-state index is 0. The summed E-state index contributed by atoms with van der Waals surface area (Å²) in [7, 11) is 1.71. The summed E-state index contributed by atoms with van der Waals surface area (Å²) in [5, 5.41) is 3.41. The van der Waals surface area contributed by atoms with Crippen LogP contribution in [0.1, 0.15) is 18.4 Å². The van der Waals surface area contributed by atoms with Gasteiger partial charge in [0.05, 0.1) is 7.11 Å². The molecule has 1 N–H and O–H groups in total. The molecule has 4 saturated heterocycles. The second kappa shape index (κ2) is 8.78. The average molecular weight is 428 g/mol. The van der Waals surface area contributed by atoms with Gasteiger partial charge in [0.1, 0.15) is 5.75 Å². The number of amides is 1. The number of fused-ring (bicyclic) bond motifs is 5. The first-order chi connectivity index (χ1) is 12.7. The van der Waals surface area contributed by atoms with E-state index in [1.165, 1.54) is 18.4 Å². The lowest BCUT2D eigenvalue weighted by Gasteiger charge is -2.36. The Hall–Kier alpha value is -1.01. The predicted octanol–water partition coefficient (Wildman–Crippen LogP) is 2.43. The molecular formula is C21H31Cl2N3O2. The van der Waals surface area contributed by atoms with Gasteiger partial charge in [-0.25, -0.2) is 0 Å². The number of carbonyl (C=O) groups excluding carboxylic acids is 1. The molecule has 5 atom stereocenters. The maximum atomic E-state index is 13.1. The van der Waals surface area contributed by atoms with Crippen LogP contribution in [-0.2, 0) is 11.3 Å². The van der Waals surface area contributed by atoms with Gasteiger partial charge in [-0.1, -0.05) is 12.1 Å². The number of ether oxygens (including phenoxy) is 1. The van der Waals surface area contributed by atoms with Crippen molar-refractivity contribution in [1.29, 1.82) is 0 Å². The molecule has 0 radical (unpaired) electrons. The van der Waals surface area contributed by atoms with Gasteiger partial charge in [-0.2, -0.15) is 0 Å². The van der Waals surface area contributed by atoms with Gasteiger partial charge >= 0.3 is 0 Å². The van der Waals surface area contributed by atoms with Gasteiger partial charge in [-0.3, -0.25) is 9.69 Å². The van der Waals surface area contributed by atoms with Crippen molar-refractivity contribution in [3.63, 3.8) is 0 Å². The first-order valence-corrected chi connectivity index (χ1v) is 10.1. The van der Waals surface area contributed by atoms with E-state index in [1.54, 1.807) is 7.11 Å². The average Bonchev–Trinajstić information content (AvgIpc) is 3.28. The van der Waals surface area contributed by atoms with Gasteiger partial charge in [0.25, 0.3) is 0 Å². The minimum Gasteiger partial charge on any atom is -0.497 e. The first kappa shape index (κ1) is 21.7. The fourth-order valence-corrected chi connectivity index (χ4v) is 5.54. The van der Waals surface area contributed by atoms with Gasteiger partial charge < -0.3 is 15.0 Å². The van der Waals surface area contributed by atoms with E-state index in [9.17, 15) is 4.79 Å². The molecule has 6 rings (SSSR count). The van der Waals surface area contributed by atoms with Crippen LogP contribution < -0.4 is 10.1 Å². The molecule has 28 heavy (non-hydrogen) atoms. The fourth-order valence-electron chi connectivity index (χ4n) is 5.54. The number of methoxy groups -OCH3 is 1. The molecule has 5 aliphatic rings. The standard InChI is InChI=1S/C21H29N3O2.2ClH/c1-26-17-6-3-14(4-7-17)10-23-11-15-2-5-16(13-23)24(12-15)21(25)20-18-8-22-9-19(18)20;;/h3-4,6-7,15-16,18-20,22H,2,5,8-13H2,1H3;2*1H/t15-,16+,18-,19+,20?;;/m0../s1. The van der Waals surface area contributed by atoms with Crippen molar-refractivity contribution < 1.29 is 9.53 Å². The lowest BCUT2D eigenvalue weighted by atomic mass is 9.94. The largest absolute Gasteiger partial charge is 0.497 e. The molecule has 1 aromatic rings. The zero-order chi connectivity index (χ0) is 17.7. The second-order valence-electron chi connectivity index (χ2n) is 8.64.